The molecule has 2 rings (SSSR count). The predicted octanol–water partition coefficient (Wildman–Crippen LogP) is 5.41. The second kappa shape index (κ2) is 3.99. The van der Waals surface area contributed by atoms with Gasteiger partial charge in [-0.15, -0.1) is 0 Å². The zero-order valence-corrected chi connectivity index (χ0v) is 12.0. The third-order valence-electron chi connectivity index (χ3n) is 3.00. The van der Waals surface area contributed by atoms with Crippen molar-refractivity contribution in [2.75, 3.05) is 0 Å². The van der Waals surface area contributed by atoms with E-state index in [0.29, 0.717) is 20.1 Å². The first-order chi connectivity index (χ1) is 7.37. The molecule has 0 spiro atoms. The molecule has 0 atom stereocenters. The fraction of sp³-hybridized carbons (Fsp3) is 0.273. The summed E-state index contributed by atoms with van der Waals surface area (Å²) in [5.74, 6) is 0. The van der Waals surface area contributed by atoms with E-state index in [9.17, 15) is 0 Å². The average molecular weight is 297 g/mol. The van der Waals surface area contributed by atoms with E-state index >= 15 is 0 Å². The molecular formula is C11H9Cl4N. The zero-order chi connectivity index (χ0) is 12.2. The molecule has 0 amide bonds. The Balaban J connectivity index is 3.15. The zero-order valence-electron chi connectivity index (χ0n) is 8.96. The lowest BCUT2D eigenvalue weighted by Crippen LogP contribution is -1.92. The summed E-state index contributed by atoms with van der Waals surface area (Å²) >= 11 is 24.5. The molecule has 86 valence electrons. The molecule has 5 heteroatoms. The predicted molar refractivity (Wildman–Crippen MR) is 72.4 cm³/mol. The summed E-state index contributed by atoms with van der Waals surface area (Å²) in [5, 5.41) is 3.31. The lowest BCUT2D eigenvalue weighted by atomic mass is 10.1. The maximum atomic E-state index is 6.21. The van der Waals surface area contributed by atoms with Crippen LogP contribution >= 0.6 is 46.4 Å². The number of hydrogen-bond acceptors (Lipinski definition) is 0. The summed E-state index contributed by atoms with van der Waals surface area (Å²) in [6, 6.07) is 0. The maximum Gasteiger partial charge on any atom is 0.0800 e. The number of rotatable bonds is 0. The molecule has 0 fully saturated rings. The van der Waals surface area contributed by atoms with Crippen LogP contribution in [0.25, 0.3) is 10.8 Å². The number of aromatic nitrogens is 1. The Morgan fingerprint density at radius 1 is 0.688 bits per heavy atom. The molecular weight excluding hydrogens is 288 g/mol. The van der Waals surface area contributed by atoms with E-state index in [1.54, 1.807) is 0 Å². The maximum absolute atomic E-state index is 6.21. The lowest BCUT2D eigenvalue weighted by Gasteiger charge is -2.05. The van der Waals surface area contributed by atoms with Gasteiger partial charge in [-0.1, -0.05) is 46.4 Å². The van der Waals surface area contributed by atoms with E-state index in [0.717, 1.165) is 22.2 Å². The van der Waals surface area contributed by atoms with Crippen molar-refractivity contribution in [2.45, 2.75) is 13.8 Å². The Bertz CT molecular complexity index is 547. The Labute approximate surface area is 114 Å². The second-order valence-corrected chi connectivity index (χ2v) is 5.25. The van der Waals surface area contributed by atoms with Gasteiger partial charge in [0.25, 0.3) is 0 Å². The number of nitrogens with zero attached hydrogens (tertiary/aromatic N) is 1. The molecule has 0 unspecified atom stereocenters. The van der Waals surface area contributed by atoms with Crippen LogP contribution in [0, 0.1) is 13.8 Å². The Morgan fingerprint density at radius 3 is 1.31 bits per heavy atom. The van der Waals surface area contributed by atoms with Gasteiger partial charge >= 0.3 is 0 Å². The SMILES string of the molecule is Cc1c2c(Cl)c(Cl)c(Cl)c(Cl)c2c(C)n1C. The largest absolute Gasteiger partial charge is 0.351 e. The third-order valence-corrected chi connectivity index (χ3v) is 4.80. The van der Waals surface area contributed by atoms with E-state index in [4.69, 9.17) is 46.4 Å². The van der Waals surface area contributed by atoms with Crippen LogP contribution in [-0.4, -0.2) is 4.57 Å². The van der Waals surface area contributed by atoms with Crippen LogP contribution in [0.4, 0.5) is 0 Å². The normalized spacial score (nSPS) is 11.4. The number of aryl methyl sites for hydroxylation is 2. The quantitative estimate of drug-likeness (QED) is 0.452. The van der Waals surface area contributed by atoms with Gasteiger partial charge in [0.15, 0.2) is 0 Å². The van der Waals surface area contributed by atoms with Crippen molar-refractivity contribution in [1.29, 1.82) is 0 Å². The van der Waals surface area contributed by atoms with Crippen molar-refractivity contribution in [1.82, 2.24) is 4.57 Å². The molecule has 0 radical (unpaired) electrons. The van der Waals surface area contributed by atoms with Crippen LogP contribution in [-0.2, 0) is 7.05 Å². The van der Waals surface area contributed by atoms with Crippen molar-refractivity contribution >= 4 is 57.2 Å². The molecule has 2 aromatic rings. The van der Waals surface area contributed by atoms with Gasteiger partial charge in [0, 0.05) is 29.2 Å². The first-order valence-electron chi connectivity index (χ1n) is 4.65. The van der Waals surface area contributed by atoms with Gasteiger partial charge in [-0.3, -0.25) is 0 Å². The fourth-order valence-corrected chi connectivity index (χ4v) is 3.02. The fourth-order valence-electron chi connectivity index (χ4n) is 1.90. The highest BCUT2D eigenvalue weighted by Gasteiger charge is 2.20. The van der Waals surface area contributed by atoms with Crippen molar-refractivity contribution < 1.29 is 0 Å². The van der Waals surface area contributed by atoms with Crippen molar-refractivity contribution in [3.63, 3.8) is 0 Å². The molecule has 1 aromatic carbocycles. The van der Waals surface area contributed by atoms with Gasteiger partial charge in [-0.2, -0.15) is 0 Å². The van der Waals surface area contributed by atoms with E-state index in [2.05, 4.69) is 0 Å². The highest BCUT2D eigenvalue weighted by Crippen LogP contribution is 2.45. The van der Waals surface area contributed by atoms with Crippen molar-refractivity contribution in [3.8, 4) is 0 Å². The second-order valence-electron chi connectivity index (χ2n) is 3.74. The first-order valence-corrected chi connectivity index (χ1v) is 6.16. The van der Waals surface area contributed by atoms with Crippen LogP contribution in [0.2, 0.25) is 20.1 Å². The van der Waals surface area contributed by atoms with Gasteiger partial charge in [0.05, 0.1) is 20.1 Å². The molecule has 1 heterocycles. The smallest absolute Gasteiger partial charge is 0.0800 e. The molecule has 0 aliphatic heterocycles. The van der Waals surface area contributed by atoms with Crippen LogP contribution in [0.3, 0.4) is 0 Å². The Hall–Kier alpha value is -0.0800. The number of fused-ring (bicyclic) bond motifs is 1. The van der Waals surface area contributed by atoms with Gasteiger partial charge in [0.2, 0.25) is 0 Å². The van der Waals surface area contributed by atoms with Crippen LogP contribution < -0.4 is 0 Å². The Kier molecular flexibility index (Phi) is 3.09. The molecule has 0 saturated heterocycles. The first kappa shape index (κ1) is 12.4. The van der Waals surface area contributed by atoms with Gasteiger partial charge in [-0.25, -0.2) is 0 Å². The van der Waals surface area contributed by atoms with Crippen LogP contribution in [0.5, 0.6) is 0 Å². The van der Waals surface area contributed by atoms with Gasteiger partial charge in [0.1, 0.15) is 0 Å². The molecule has 1 nitrogen and oxygen atoms in total. The number of hydrogen-bond donors (Lipinski definition) is 0. The lowest BCUT2D eigenvalue weighted by molar-refractivity contribution is 0.851. The minimum atomic E-state index is 0.314. The molecule has 0 aliphatic carbocycles. The minimum Gasteiger partial charge on any atom is -0.351 e. The average Bonchev–Trinajstić information content (AvgIpc) is 2.48. The summed E-state index contributed by atoms with van der Waals surface area (Å²) in [6.45, 7) is 3.95. The highest BCUT2D eigenvalue weighted by atomic mass is 35.5. The third kappa shape index (κ3) is 1.46. The molecule has 0 N–H and O–H groups in total. The van der Waals surface area contributed by atoms with E-state index in [1.165, 1.54) is 0 Å². The van der Waals surface area contributed by atoms with E-state index in [1.807, 2.05) is 25.5 Å². The van der Waals surface area contributed by atoms with Gasteiger partial charge < -0.3 is 4.57 Å². The van der Waals surface area contributed by atoms with Crippen LogP contribution in [0.15, 0.2) is 0 Å². The highest BCUT2D eigenvalue weighted by molar-refractivity contribution is 6.55. The van der Waals surface area contributed by atoms with E-state index < -0.39 is 0 Å². The summed E-state index contributed by atoms with van der Waals surface area (Å²) < 4.78 is 2.02. The standard InChI is InChI=1S/C11H9Cl4N/c1-4-6-7(5(2)16(4)3)9(13)11(15)10(14)8(6)12/h1-3H3. The van der Waals surface area contributed by atoms with Gasteiger partial charge in [-0.05, 0) is 13.8 Å². The van der Waals surface area contributed by atoms with E-state index in [-0.39, 0.29) is 0 Å². The Morgan fingerprint density at radius 2 is 1.00 bits per heavy atom. The van der Waals surface area contributed by atoms with Crippen molar-refractivity contribution in [3.05, 3.63) is 31.5 Å². The minimum absolute atomic E-state index is 0.314. The summed E-state index contributed by atoms with van der Waals surface area (Å²) in [4.78, 5) is 0. The summed E-state index contributed by atoms with van der Waals surface area (Å²) in [6.07, 6.45) is 0. The molecule has 0 bridgehead atoms. The molecule has 0 saturated carbocycles. The topological polar surface area (TPSA) is 4.93 Å². The molecule has 16 heavy (non-hydrogen) atoms. The molecule has 1 aromatic heterocycles. The number of benzene rings is 1. The summed E-state index contributed by atoms with van der Waals surface area (Å²) in [5.41, 5.74) is 2.05. The summed E-state index contributed by atoms with van der Waals surface area (Å²) in [7, 11) is 1.96. The molecule has 0 aliphatic rings. The monoisotopic (exact) mass is 295 g/mol. The van der Waals surface area contributed by atoms with Crippen molar-refractivity contribution in [2.24, 2.45) is 7.05 Å². The van der Waals surface area contributed by atoms with Crippen LogP contribution in [0.1, 0.15) is 11.4 Å². The number of halogens is 4.